The molecule has 2 aliphatic heterocycles. The summed E-state index contributed by atoms with van der Waals surface area (Å²) >= 11 is 0. The van der Waals surface area contributed by atoms with Crippen molar-refractivity contribution in [2.45, 2.75) is 18.4 Å². The molecule has 2 saturated heterocycles. The Morgan fingerprint density at radius 1 is 1.46 bits per heavy atom. The molecule has 0 radical (unpaired) electrons. The highest BCUT2D eigenvalue weighted by atomic mass is 16.5. The van der Waals surface area contributed by atoms with Crippen LogP contribution in [0.5, 0.6) is 0 Å². The molecule has 0 unspecified atom stereocenters. The number of hydrogen-bond donors (Lipinski definition) is 1. The standard InChI is InChI=1S/C9H15NO3/c1-12-6-8-3-9(4-8,10-5-8)7(11)13-2/h10H,3-6H2,1-2H3. The highest BCUT2D eigenvalue weighted by molar-refractivity contribution is 5.83. The minimum Gasteiger partial charge on any atom is -0.468 e. The zero-order valence-electron chi connectivity index (χ0n) is 8.05. The summed E-state index contributed by atoms with van der Waals surface area (Å²) < 4.78 is 9.89. The molecule has 2 bridgehead atoms. The van der Waals surface area contributed by atoms with E-state index in [2.05, 4.69) is 5.32 Å². The van der Waals surface area contributed by atoms with Gasteiger partial charge in [-0.05, 0) is 12.8 Å². The van der Waals surface area contributed by atoms with Gasteiger partial charge in [0.05, 0.1) is 13.7 Å². The molecule has 4 heteroatoms. The zero-order valence-corrected chi connectivity index (χ0v) is 8.05. The largest absolute Gasteiger partial charge is 0.468 e. The third-order valence-electron chi connectivity index (χ3n) is 3.18. The third kappa shape index (κ3) is 1.09. The molecule has 0 atom stereocenters. The average molecular weight is 185 g/mol. The van der Waals surface area contributed by atoms with E-state index >= 15 is 0 Å². The summed E-state index contributed by atoms with van der Waals surface area (Å²) in [7, 11) is 3.14. The summed E-state index contributed by atoms with van der Waals surface area (Å²) in [6.07, 6.45) is 1.72. The Bertz CT molecular complexity index is 233. The van der Waals surface area contributed by atoms with E-state index < -0.39 is 0 Å². The molecule has 0 aromatic carbocycles. The fourth-order valence-electron chi connectivity index (χ4n) is 2.71. The summed E-state index contributed by atoms with van der Waals surface area (Å²) in [4.78, 5) is 11.4. The monoisotopic (exact) mass is 185 g/mol. The number of ether oxygens (including phenoxy) is 2. The Labute approximate surface area is 77.6 Å². The van der Waals surface area contributed by atoms with Crippen LogP contribution in [0.1, 0.15) is 12.8 Å². The van der Waals surface area contributed by atoms with E-state index in [0.29, 0.717) is 0 Å². The second-order valence-electron chi connectivity index (χ2n) is 4.21. The van der Waals surface area contributed by atoms with Gasteiger partial charge < -0.3 is 14.8 Å². The van der Waals surface area contributed by atoms with Gasteiger partial charge in [-0.25, -0.2) is 0 Å². The Kier molecular flexibility index (Phi) is 1.85. The lowest BCUT2D eigenvalue weighted by molar-refractivity contribution is -0.154. The molecule has 1 aliphatic carbocycles. The molecule has 0 aromatic heterocycles. The number of carbonyl (C=O) groups excluding carboxylic acids is 1. The molecule has 1 N–H and O–H groups in total. The summed E-state index contributed by atoms with van der Waals surface area (Å²) in [5.41, 5.74) is -0.184. The lowest BCUT2D eigenvalue weighted by atomic mass is 9.62. The molecule has 3 aliphatic rings. The molecule has 0 spiro atoms. The van der Waals surface area contributed by atoms with Gasteiger partial charge in [0.1, 0.15) is 5.54 Å². The molecule has 1 saturated carbocycles. The van der Waals surface area contributed by atoms with Crippen molar-refractivity contribution in [1.82, 2.24) is 5.32 Å². The smallest absolute Gasteiger partial charge is 0.326 e. The van der Waals surface area contributed by atoms with Crippen molar-refractivity contribution in [3.05, 3.63) is 0 Å². The number of fused-ring (bicyclic) bond motifs is 1. The summed E-state index contributed by atoms with van der Waals surface area (Å²) in [5.74, 6) is -0.128. The van der Waals surface area contributed by atoms with Crippen LogP contribution in [-0.4, -0.2) is 38.9 Å². The second-order valence-corrected chi connectivity index (χ2v) is 4.21. The van der Waals surface area contributed by atoms with Crippen LogP contribution in [0.4, 0.5) is 0 Å². The zero-order chi connectivity index (χ0) is 9.53. The molecule has 0 amide bonds. The Hall–Kier alpha value is -0.610. The molecular weight excluding hydrogens is 170 g/mol. The maximum Gasteiger partial charge on any atom is 0.326 e. The second kappa shape index (κ2) is 2.69. The fourth-order valence-corrected chi connectivity index (χ4v) is 2.71. The van der Waals surface area contributed by atoms with Gasteiger partial charge in [-0.2, -0.15) is 0 Å². The van der Waals surface area contributed by atoms with Gasteiger partial charge in [-0.1, -0.05) is 0 Å². The van der Waals surface area contributed by atoms with Gasteiger partial charge in [-0.3, -0.25) is 4.79 Å². The van der Waals surface area contributed by atoms with E-state index in [1.54, 1.807) is 7.11 Å². The van der Waals surface area contributed by atoms with Crippen LogP contribution < -0.4 is 5.32 Å². The highest BCUT2D eigenvalue weighted by Crippen LogP contribution is 2.54. The number of rotatable bonds is 3. The van der Waals surface area contributed by atoms with Crippen LogP contribution in [-0.2, 0) is 14.3 Å². The van der Waals surface area contributed by atoms with Crippen LogP contribution in [0.2, 0.25) is 0 Å². The number of hydrogen-bond acceptors (Lipinski definition) is 4. The van der Waals surface area contributed by atoms with Gasteiger partial charge in [0.15, 0.2) is 0 Å². The van der Waals surface area contributed by atoms with Crippen LogP contribution in [0.3, 0.4) is 0 Å². The first-order valence-electron chi connectivity index (χ1n) is 4.49. The van der Waals surface area contributed by atoms with Gasteiger partial charge in [-0.15, -0.1) is 0 Å². The highest BCUT2D eigenvalue weighted by Gasteiger charge is 2.65. The molecule has 4 nitrogen and oxygen atoms in total. The Morgan fingerprint density at radius 3 is 2.69 bits per heavy atom. The van der Waals surface area contributed by atoms with Crippen molar-refractivity contribution >= 4 is 5.97 Å². The number of nitrogens with one attached hydrogen (secondary N) is 1. The Balaban J connectivity index is 2.02. The molecule has 3 fully saturated rings. The van der Waals surface area contributed by atoms with Crippen LogP contribution in [0.25, 0.3) is 0 Å². The van der Waals surface area contributed by atoms with E-state index in [0.717, 1.165) is 26.0 Å². The van der Waals surface area contributed by atoms with Gasteiger partial charge >= 0.3 is 5.97 Å². The average Bonchev–Trinajstić information content (AvgIpc) is 2.59. The first-order chi connectivity index (χ1) is 6.16. The molecule has 13 heavy (non-hydrogen) atoms. The number of carbonyl (C=O) groups is 1. The van der Waals surface area contributed by atoms with Crippen LogP contribution >= 0.6 is 0 Å². The van der Waals surface area contributed by atoms with Crippen molar-refractivity contribution in [3.63, 3.8) is 0 Å². The van der Waals surface area contributed by atoms with Crippen molar-refractivity contribution in [2.75, 3.05) is 27.4 Å². The van der Waals surface area contributed by atoms with E-state index in [1.165, 1.54) is 7.11 Å². The molecule has 0 aromatic rings. The van der Waals surface area contributed by atoms with Gasteiger partial charge in [0.2, 0.25) is 0 Å². The minimum absolute atomic E-state index is 0.128. The van der Waals surface area contributed by atoms with Gasteiger partial charge in [0.25, 0.3) is 0 Å². The van der Waals surface area contributed by atoms with E-state index in [-0.39, 0.29) is 16.9 Å². The fraction of sp³-hybridized carbons (Fsp3) is 0.889. The lowest BCUT2D eigenvalue weighted by Crippen LogP contribution is -2.55. The van der Waals surface area contributed by atoms with Crippen molar-refractivity contribution < 1.29 is 14.3 Å². The molecule has 74 valence electrons. The predicted octanol–water partition coefficient (Wildman–Crippen LogP) is -0.0720. The first-order valence-corrected chi connectivity index (χ1v) is 4.49. The third-order valence-corrected chi connectivity index (χ3v) is 3.18. The maximum absolute atomic E-state index is 11.4. The summed E-state index contributed by atoms with van der Waals surface area (Å²) in [6.45, 7) is 1.61. The van der Waals surface area contributed by atoms with Crippen molar-refractivity contribution in [1.29, 1.82) is 0 Å². The first kappa shape index (κ1) is 8.97. The quantitative estimate of drug-likeness (QED) is 0.625. The molecule has 2 heterocycles. The minimum atomic E-state index is -0.382. The maximum atomic E-state index is 11.4. The van der Waals surface area contributed by atoms with Crippen molar-refractivity contribution in [3.8, 4) is 0 Å². The van der Waals surface area contributed by atoms with E-state index in [9.17, 15) is 4.79 Å². The normalized spacial score (nSPS) is 41.4. The summed E-state index contributed by atoms with van der Waals surface area (Å²) in [5, 5.41) is 3.23. The van der Waals surface area contributed by atoms with E-state index in [1.807, 2.05) is 0 Å². The SMILES string of the molecule is COCC12CNC(C(=O)OC)(C1)C2. The molecular formula is C9H15NO3. The molecule has 3 rings (SSSR count). The van der Waals surface area contributed by atoms with Crippen molar-refractivity contribution in [2.24, 2.45) is 5.41 Å². The van der Waals surface area contributed by atoms with Crippen LogP contribution in [0.15, 0.2) is 0 Å². The lowest BCUT2D eigenvalue weighted by Gasteiger charge is -2.43. The van der Waals surface area contributed by atoms with Crippen LogP contribution in [0, 0.1) is 5.41 Å². The Morgan fingerprint density at radius 2 is 2.15 bits per heavy atom. The predicted molar refractivity (Wildman–Crippen MR) is 46.3 cm³/mol. The topological polar surface area (TPSA) is 47.6 Å². The van der Waals surface area contributed by atoms with Gasteiger partial charge in [0, 0.05) is 19.1 Å². The number of methoxy groups -OCH3 is 2. The van der Waals surface area contributed by atoms with E-state index in [4.69, 9.17) is 9.47 Å². The summed E-state index contributed by atoms with van der Waals surface area (Å²) in [6, 6.07) is 0. The number of esters is 1.